The molecule has 2 heterocycles. The second-order valence-electron chi connectivity index (χ2n) is 5.43. The highest BCUT2D eigenvalue weighted by Gasteiger charge is 2.17. The van der Waals surface area contributed by atoms with Crippen LogP contribution in [-0.2, 0) is 17.8 Å². The van der Waals surface area contributed by atoms with Gasteiger partial charge in [0.2, 0.25) is 0 Å². The third-order valence-corrected chi connectivity index (χ3v) is 3.88. The third-order valence-electron chi connectivity index (χ3n) is 3.88. The van der Waals surface area contributed by atoms with E-state index >= 15 is 0 Å². The Labute approximate surface area is 124 Å². The van der Waals surface area contributed by atoms with E-state index in [-0.39, 0.29) is 5.82 Å². The Hall–Kier alpha value is -1.72. The molecule has 0 bridgehead atoms. The lowest BCUT2D eigenvalue weighted by molar-refractivity contribution is -0.677. The molecule has 4 nitrogen and oxygen atoms in total. The van der Waals surface area contributed by atoms with Crippen molar-refractivity contribution in [1.29, 1.82) is 0 Å². The molecule has 0 amide bonds. The lowest BCUT2D eigenvalue weighted by Gasteiger charge is -2.10. The number of hydrogen-bond acceptors (Lipinski definition) is 2. The Kier molecular flexibility index (Phi) is 4.62. The van der Waals surface area contributed by atoms with Crippen molar-refractivity contribution >= 4 is 0 Å². The van der Waals surface area contributed by atoms with Crippen molar-refractivity contribution in [2.24, 2.45) is 0 Å². The van der Waals surface area contributed by atoms with Gasteiger partial charge in [0.05, 0.1) is 6.54 Å². The molecule has 21 heavy (non-hydrogen) atoms. The lowest BCUT2D eigenvalue weighted by atomic mass is 10.2. The van der Waals surface area contributed by atoms with Crippen molar-refractivity contribution in [3.05, 3.63) is 53.9 Å². The smallest absolute Gasteiger partial charge is 0.164 e. The van der Waals surface area contributed by atoms with E-state index in [9.17, 15) is 4.39 Å². The van der Waals surface area contributed by atoms with Gasteiger partial charge in [-0.1, -0.05) is 18.2 Å². The number of hydrogen-bond donors (Lipinski definition) is 1. The summed E-state index contributed by atoms with van der Waals surface area (Å²) in [7, 11) is 0. The number of quaternary nitrogens is 1. The van der Waals surface area contributed by atoms with Gasteiger partial charge >= 0.3 is 0 Å². The summed E-state index contributed by atoms with van der Waals surface area (Å²) >= 11 is 0. The van der Waals surface area contributed by atoms with Crippen molar-refractivity contribution < 1.29 is 14.4 Å². The summed E-state index contributed by atoms with van der Waals surface area (Å²) in [5.74, 6) is 0.803. The van der Waals surface area contributed by atoms with Crippen LogP contribution in [0.2, 0.25) is 0 Å². The molecule has 2 aromatic rings. The van der Waals surface area contributed by atoms with Crippen molar-refractivity contribution in [1.82, 2.24) is 9.55 Å². The van der Waals surface area contributed by atoms with Gasteiger partial charge in [0.25, 0.3) is 0 Å². The molecule has 3 rings (SSSR count). The fourth-order valence-corrected chi connectivity index (χ4v) is 2.71. The first-order valence-electron chi connectivity index (χ1n) is 7.49. The van der Waals surface area contributed by atoms with Crippen LogP contribution in [0, 0.1) is 5.82 Å². The highest BCUT2D eigenvalue weighted by atomic mass is 19.1. The van der Waals surface area contributed by atoms with Crippen molar-refractivity contribution in [2.45, 2.75) is 32.0 Å². The molecule has 112 valence electrons. The molecule has 5 heteroatoms. The molecule has 1 aromatic heterocycles. The second-order valence-corrected chi connectivity index (χ2v) is 5.43. The van der Waals surface area contributed by atoms with E-state index in [0.717, 1.165) is 31.9 Å². The zero-order valence-corrected chi connectivity index (χ0v) is 12.0. The summed E-state index contributed by atoms with van der Waals surface area (Å²) in [5.41, 5.74) is 0.691. The quantitative estimate of drug-likeness (QED) is 0.872. The van der Waals surface area contributed by atoms with Crippen LogP contribution in [0.3, 0.4) is 0 Å². The van der Waals surface area contributed by atoms with Crippen LogP contribution < -0.4 is 5.32 Å². The third kappa shape index (κ3) is 3.68. The average Bonchev–Trinajstić information content (AvgIpc) is 3.14. The van der Waals surface area contributed by atoms with E-state index in [0.29, 0.717) is 18.2 Å². The number of nitrogens with two attached hydrogens (primary N) is 1. The van der Waals surface area contributed by atoms with Crippen molar-refractivity contribution in [3.8, 4) is 0 Å². The Bertz CT molecular complexity index is 578. The Balaban J connectivity index is 1.57. The van der Waals surface area contributed by atoms with E-state index in [1.165, 1.54) is 12.5 Å². The second kappa shape index (κ2) is 6.83. The molecule has 0 aliphatic carbocycles. The summed E-state index contributed by atoms with van der Waals surface area (Å²) in [5, 5.41) is 2.22. The SMILES string of the molecule is Fc1ccccc1Cn1ccnc1C[NH2+]C[C@H]1CCCO1. The largest absolute Gasteiger partial charge is 0.372 e. The molecule has 0 unspecified atom stereocenters. The van der Waals surface area contributed by atoms with Gasteiger partial charge in [-0.05, 0) is 18.9 Å². The van der Waals surface area contributed by atoms with E-state index in [2.05, 4.69) is 10.3 Å². The Morgan fingerprint density at radius 2 is 2.29 bits per heavy atom. The summed E-state index contributed by atoms with van der Waals surface area (Å²) in [6.45, 7) is 3.17. The summed E-state index contributed by atoms with van der Waals surface area (Å²) < 4.78 is 21.3. The zero-order chi connectivity index (χ0) is 14.5. The minimum Gasteiger partial charge on any atom is -0.372 e. The predicted molar refractivity (Wildman–Crippen MR) is 77.2 cm³/mol. The van der Waals surface area contributed by atoms with Crippen LogP contribution >= 0.6 is 0 Å². The minimum atomic E-state index is -0.166. The van der Waals surface area contributed by atoms with E-state index in [1.54, 1.807) is 12.3 Å². The van der Waals surface area contributed by atoms with Gasteiger partial charge in [-0.15, -0.1) is 0 Å². The van der Waals surface area contributed by atoms with Crippen molar-refractivity contribution in [3.63, 3.8) is 0 Å². The molecule has 0 saturated carbocycles. The predicted octanol–water partition coefficient (Wildman–Crippen LogP) is 1.31. The van der Waals surface area contributed by atoms with Gasteiger partial charge in [0.1, 0.15) is 25.0 Å². The first-order chi connectivity index (χ1) is 10.3. The van der Waals surface area contributed by atoms with Crippen LogP contribution in [0.5, 0.6) is 0 Å². The maximum atomic E-state index is 13.7. The molecular weight excluding hydrogens is 269 g/mol. The highest BCUT2D eigenvalue weighted by Crippen LogP contribution is 2.10. The zero-order valence-electron chi connectivity index (χ0n) is 12.0. The average molecular weight is 290 g/mol. The molecule has 1 aromatic carbocycles. The minimum absolute atomic E-state index is 0.166. The van der Waals surface area contributed by atoms with Crippen LogP contribution in [-0.4, -0.2) is 28.8 Å². The van der Waals surface area contributed by atoms with E-state index in [4.69, 9.17) is 4.74 Å². The molecule has 1 saturated heterocycles. The van der Waals surface area contributed by atoms with E-state index in [1.807, 2.05) is 22.9 Å². The Morgan fingerprint density at radius 1 is 1.38 bits per heavy atom. The van der Waals surface area contributed by atoms with Crippen molar-refractivity contribution in [2.75, 3.05) is 13.2 Å². The molecule has 1 fully saturated rings. The van der Waals surface area contributed by atoms with Gasteiger partial charge in [0.15, 0.2) is 5.82 Å². The molecular formula is C16H21FN3O+. The maximum absolute atomic E-state index is 13.7. The number of ether oxygens (including phenoxy) is 1. The first-order valence-corrected chi connectivity index (χ1v) is 7.49. The van der Waals surface area contributed by atoms with Crippen LogP contribution in [0.15, 0.2) is 36.7 Å². The highest BCUT2D eigenvalue weighted by molar-refractivity contribution is 5.18. The standard InChI is InChI=1S/C16H20FN3O/c17-15-6-2-1-4-13(15)12-20-8-7-19-16(20)11-18-10-14-5-3-9-21-14/h1-2,4,6-8,14,18H,3,5,9-12H2/p+1/t14-/m1/s1. The number of benzene rings is 1. The first kappa shape index (κ1) is 14.2. The van der Waals surface area contributed by atoms with Crippen LogP contribution in [0.25, 0.3) is 0 Å². The van der Waals surface area contributed by atoms with Gasteiger partial charge in [-0.2, -0.15) is 0 Å². The molecule has 1 aliphatic rings. The van der Waals surface area contributed by atoms with Gasteiger partial charge < -0.3 is 14.6 Å². The van der Waals surface area contributed by atoms with Crippen LogP contribution in [0.4, 0.5) is 4.39 Å². The molecule has 2 N–H and O–H groups in total. The topological polar surface area (TPSA) is 43.7 Å². The monoisotopic (exact) mass is 290 g/mol. The normalized spacial score (nSPS) is 18.2. The number of imidazole rings is 1. The Morgan fingerprint density at radius 3 is 3.10 bits per heavy atom. The van der Waals surface area contributed by atoms with Crippen LogP contribution in [0.1, 0.15) is 24.2 Å². The molecule has 1 aliphatic heterocycles. The van der Waals surface area contributed by atoms with E-state index < -0.39 is 0 Å². The molecule has 0 radical (unpaired) electrons. The summed E-state index contributed by atoms with van der Waals surface area (Å²) in [4.78, 5) is 4.37. The number of nitrogens with zero attached hydrogens (tertiary/aromatic N) is 2. The fraction of sp³-hybridized carbons (Fsp3) is 0.438. The number of rotatable bonds is 6. The maximum Gasteiger partial charge on any atom is 0.164 e. The molecule has 0 spiro atoms. The summed E-state index contributed by atoms with van der Waals surface area (Å²) in [6, 6.07) is 6.88. The number of halogens is 1. The van der Waals surface area contributed by atoms with Gasteiger partial charge in [-0.25, -0.2) is 9.37 Å². The number of aromatic nitrogens is 2. The summed E-state index contributed by atoms with van der Waals surface area (Å²) in [6.07, 6.45) is 6.37. The molecule has 1 atom stereocenters. The lowest BCUT2D eigenvalue weighted by Crippen LogP contribution is -2.85. The van der Waals surface area contributed by atoms with Gasteiger partial charge in [0, 0.05) is 24.6 Å². The fourth-order valence-electron chi connectivity index (χ4n) is 2.71. The van der Waals surface area contributed by atoms with Gasteiger partial charge in [-0.3, -0.25) is 0 Å².